The number of fused-ring (bicyclic) bond motifs is 1. The third kappa shape index (κ3) is 5.99. The van der Waals surface area contributed by atoms with Gasteiger partial charge in [0.05, 0.1) is 33.3 Å². The second-order valence-electron chi connectivity index (χ2n) is 10.4. The van der Waals surface area contributed by atoms with Gasteiger partial charge in [0.2, 0.25) is 5.78 Å². The molecule has 0 bridgehead atoms. The summed E-state index contributed by atoms with van der Waals surface area (Å²) in [6.45, 7) is 5.96. The molecule has 1 fully saturated rings. The number of nitrogens with one attached hydrogen (secondary N) is 1. The van der Waals surface area contributed by atoms with E-state index >= 15 is 0 Å². The monoisotopic (exact) mass is 506 g/mol. The number of likely N-dealkylation sites (tertiary alicyclic amines) is 1. The minimum Gasteiger partial charge on any atom is -0.872 e. The maximum atomic E-state index is 13.8. The van der Waals surface area contributed by atoms with Crippen LogP contribution in [0, 0.1) is 0 Å². The van der Waals surface area contributed by atoms with Crippen molar-refractivity contribution in [1.29, 1.82) is 0 Å². The van der Waals surface area contributed by atoms with Gasteiger partial charge >= 0.3 is 0 Å². The van der Waals surface area contributed by atoms with E-state index in [1.807, 2.05) is 45.3 Å². The SMILES string of the molecule is CCCCCOc1cccc(C2/C(=C(\[O-])c3ccc4c(c3)CC(C)O4)C(=O)C(=O)N2CCC[NH+](C)C)c1. The first-order chi connectivity index (χ1) is 17.8. The van der Waals surface area contributed by atoms with Gasteiger partial charge in [0.25, 0.3) is 5.91 Å². The maximum Gasteiger partial charge on any atom is 0.295 e. The molecule has 0 aliphatic carbocycles. The fraction of sp³-hybridized carbons (Fsp3) is 0.467. The molecule has 1 N–H and O–H groups in total. The molecule has 2 heterocycles. The summed E-state index contributed by atoms with van der Waals surface area (Å²) >= 11 is 0. The van der Waals surface area contributed by atoms with Crippen molar-refractivity contribution in [3.05, 3.63) is 64.7 Å². The number of unbranched alkanes of at least 4 members (excludes halogenated alkanes) is 2. The standard InChI is InChI=1S/C30H38N2O5/c1-5-6-7-16-36-24-11-8-10-21(19-24)27-26(29(34)30(35)32(27)15-9-14-31(3)4)28(33)22-12-13-25-23(18-22)17-20(2)37-25/h8,10-13,18-20,27,33H,5-7,9,14-17H2,1-4H3/b28-26+. The number of nitrogens with zero attached hydrogens (tertiary/aromatic N) is 1. The Bertz CT molecular complexity index is 1170. The molecule has 7 heteroatoms. The molecule has 198 valence electrons. The molecule has 2 aromatic carbocycles. The fourth-order valence-corrected chi connectivity index (χ4v) is 5.09. The van der Waals surface area contributed by atoms with Gasteiger partial charge in [0, 0.05) is 25.0 Å². The summed E-state index contributed by atoms with van der Waals surface area (Å²) in [5.74, 6) is -0.296. The normalized spacial score (nSPS) is 20.4. The molecule has 2 atom stereocenters. The van der Waals surface area contributed by atoms with Crippen molar-refractivity contribution in [2.75, 3.05) is 33.8 Å². The number of quaternary nitrogens is 1. The van der Waals surface area contributed by atoms with Gasteiger partial charge in [-0.1, -0.05) is 43.7 Å². The highest BCUT2D eigenvalue weighted by Crippen LogP contribution is 2.40. The van der Waals surface area contributed by atoms with Crippen LogP contribution in [0.15, 0.2) is 48.0 Å². The second-order valence-corrected chi connectivity index (χ2v) is 10.4. The Hall–Kier alpha value is -3.32. The lowest BCUT2D eigenvalue weighted by Gasteiger charge is -2.28. The van der Waals surface area contributed by atoms with Gasteiger partial charge in [-0.2, -0.15) is 0 Å². The Morgan fingerprint density at radius 2 is 1.95 bits per heavy atom. The van der Waals surface area contributed by atoms with Crippen LogP contribution < -0.4 is 19.5 Å². The number of benzene rings is 2. The molecule has 37 heavy (non-hydrogen) atoms. The largest absolute Gasteiger partial charge is 0.872 e. The van der Waals surface area contributed by atoms with E-state index in [0.717, 1.165) is 43.5 Å². The molecule has 2 unspecified atom stereocenters. The zero-order valence-corrected chi connectivity index (χ0v) is 22.3. The molecule has 0 saturated carbocycles. The number of Topliss-reactive ketones (excluding diaryl/α,β-unsaturated/α-hetero) is 1. The molecule has 2 aliphatic heterocycles. The predicted octanol–water partition coefficient (Wildman–Crippen LogP) is 2.34. The quantitative estimate of drug-likeness (QED) is 0.219. The minimum absolute atomic E-state index is 0.0113. The van der Waals surface area contributed by atoms with Crippen LogP contribution in [0.5, 0.6) is 11.5 Å². The van der Waals surface area contributed by atoms with Crippen LogP contribution in [0.3, 0.4) is 0 Å². The highest BCUT2D eigenvalue weighted by atomic mass is 16.5. The van der Waals surface area contributed by atoms with Crippen molar-refractivity contribution >= 4 is 17.4 Å². The highest BCUT2D eigenvalue weighted by Gasteiger charge is 2.44. The second kappa shape index (κ2) is 11.8. The Morgan fingerprint density at radius 1 is 1.14 bits per heavy atom. The summed E-state index contributed by atoms with van der Waals surface area (Å²) < 4.78 is 11.7. The lowest BCUT2D eigenvalue weighted by molar-refractivity contribution is -0.858. The number of ketones is 1. The zero-order valence-electron chi connectivity index (χ0n) is 22.3. The molecule has 0 aromatic heterocycles. The first kappa shape index (κ1) is 26.7. The van der Waals surface area contributed by atoms with Crippen molar-refractivity contribution in [2.24, 2.45) is 0 Å². The van der Waals surface area contributed by atoms with E-state index < -0.39 is 23.5 Å². The smallest absolute Gasteiger partial charge is 0.295 e. The number of amides is 1. The Labute approximate surface area is 219 Å². The van der Waals surface area contributed by atoms with Crippen LogP contribution in [0.2, 0.25) is 0 Å². The average molecular weight is 507 g/mol. The summed E-state index contributed by atoms with van der Waals surface area (Å²) in [4.78, 5) is 29.4. The average Bonchev–Trinajstić information content (AvgIpc) is 3.37. The van der Waals surface area contributed by atoms with E-state index in [1.165, 1.54) is 4.90 Å². The van der Waals surface area contributed by atoms with E-state index in [9.17, 15) is 14.7 Å². The van der Waals surface area contributed by atoms with Crippen molar-refractivity contribution in [3.8, 4) is 11.5 Å². The fourth-order valence-electron chi connectivity index (χ4n) is 5.09. The van der Waals surface area contributed by atoms with E-state index in [1.54, 1.807) is 23.1 Å². The van der Waals surface area contributed by atoms with E-state index in [4.69, 9.17) is 9.47 Å². The molecule has 1 saturated heterocycles. The lowest BCUT2D eigenvalue weighted by atomic mass is 9.94. The van der Waals surface area contributed by atoms with Crippen LogP contribution in [-0.2, 0) is 16.0 Å². The molecule has 1 amide bonds. The van der Waals surface area contributed by atoms with Gasteiger partial charge in [-0.15, -0.1) is 0 Å². The molecule has 7 nitrogen and oxygen atoms in total. The van der Waals surface area contributed by atoms with E-state index in [-0.39, 0.29) is 11.7 Å². The molecule has 0 radical (unpaired) electrons. The molecule has 4 rings (SSSR count). The van der Waals surface area contributed by atoms with Gasteiger partial charge < -0.3 is 24.4 Å². The van der Waals surface area contributed by atoms with Gasteiger partial charge in [0.1, 0.15) is 17.6 Å². The lowest BCUT2D eigenvalue weighted by Crippen LogP contribution is -3.05. The molecule has 2 aromatic rings. The summed E-state index contributed by atoms with van der Waals surface area (Å²) in [7, 11) is 4.10. The molecular formula is C30H38N2O5. The van der Waals surface area contributed by atoms with Crippen LogP contribution in [-0.4, -0.2) is 56.5 Å². The molecule has 0 spiro atoms. The number of ether oxygens (including phenoxy) is 2. The van der Waals surface area contributed by atoms with Crippen LogP contribution in [0.4, 0.5) is 0 Å². The summed E-state index contributed by atoms with van der Waals surface area (Å²) in [5.41, 5.74) is 2.08. The number of carbonyl (C=O) groups is 2. The van der Waals surface area contributed by atoms with Crippen molar-refractivity contribution in [3.63, 3.8) is 0 Å². The van der Waals surface area contributed by atoms with Crippen molar-refractivity contribution < 1.29 is 29.1 Å². The first-order valence-electron chi connectivity index (χ1n) is 13.4. The van der Waals surface area contributed by atoms with Gasteiger partial charge in [-0.25, -0.2) is 0 Å². The number of carbonyl (C=O) groups excluding carboxylic acids is 2. The van der Waals surface area contributed by atoms with E-state index in [2.05, 4.69) is 6.92 Å². The number of rotatable bonds is 11. The zero-order chi connectivity index (χ0) is 26.5. The van der Waals surface area contributed by atoms with Gasteiger partial charge in [0.15, 0.2) is 0 Å². The third-order valence-corrected chi connectivity index (χ3v) is 6.95. The molecular weight excluding hydrogens is 468 g/mol. The highest BCUT2D eigenvalue weighted by molar-refractivity contribution is 6.46. The summed E-state index contributed by atoms with van der Waals surface area (Å²) in [5, 5.41) is 13.8. The van der Waals surface area contributed by atoms with Gasteiger partial charge in [-0.3, -0.25) is 9.59 Å². The van der Waals surface area contributed by atoms with Crippen molar-refractivity contribution in [1.82, 2.24) is 4.90 Å². The maximum absolute atomic E-state index is 13.8. The predicted molar refractivity (Wildman–Crippen MR) is 140 cm³/mol. The first-order valence-corrected chi connectivity index (χ1v) is 13.4. The van der Waals surface area contributed by atoms with Crippen LogP contribution >= 0.6 is 0 Å². The Kier molecular flexibility index (Phi) is 8.54. The third-order valence-electron chi connectivity index (χ3n) is 6.95. The molecule has 2 aliphatic rings. The summed E-state index contributed by atoms with van der Waals surface area (Å²) in [6.07, 6.45) is 4.62. The Morgan fingerprint density at radius 3 is 2.70 bits per heavy atom. The van der Waals surface area contributed by atoms with Crippen LogP contribution in [0.25, 0.3) is 5.76 Å². The van der Waals surface area contributed by atoms with Crippen LogP contribution in [0.1, 0.15) is 62.3 Å². The topological polar surface area (TPSA) is 83.3 Å². The van der Waals surface area contributed by atoms with Crippen molar-refractivity contribution in [2.45, 2.75) is 58.1 Å². The van der Waals surface area contributed by atoms with E-state index in [0.29, 0.717) is 36.4 Å². The number of hydrogen-bond acceptors (Lipinski definition) is 5. The number of hydrogen-bond donors (Lipinski definition) is 1. The Balaban J connectivity index is 1.72. The van der Waals surface area contributed by atoms with Gasteiger partial charge in [-0.05, 0) is 54.3 Å². The minimum atomic E-state index is -0.743. The summed E-state index contributed by atoms with van der Waals surface area (Å²) in [6, 6.07) is 12.0.